The first-order valence-corrected chi connectivity index (χ1v) is 10.3. The smallest absolute Gasteiger partial charge is 0.257 e. The molecular weight excluding hydrogens is 386 g/mol. The summed E-state index contributed by atoms with van der Waals surface area (Å²) in [7, 11) is 0. The third-order valence-electron chi connectivity index (χ3n) is 5.96. The second-order valence-electron chi connectivity index (χ2n) is 7.79. The fourth-order valence-corrected chi connectivity index (χ4v) is 3.98. The zero-order valence-corrected chi connectivity index (χ0v) is 17.2. The highest BCUT2D eigenvalue weighted by Gasteiger charge is 2.25. The molecule has 7 heteroatoms. The average molecular weight is 412 g/mol. The van der Waals surface area contributed by atoms with Gasteiger partial charge in [0.05, 0.1) is 16.9 Å². The minimum atomic E-state index is -0.411. The molecule has 0 saturated carbocycles. The van der Waals surface area contributed by atoms with E-state index in [9.17, 15) is 13.6 Å². The molecular formula is C23H26F2N4O. The number of nitrogens with zero attached hydrogens (tertiary/aromatic N) is 2. The molecule has 2 aromatic carbocycles. The SMILES string of the molecule is CCC(C)N1CCN(c2ccc(N/C=C3/C(=O)Nc4cc(F)ccc43)cc2F)CC1. The van der Waals surface area contributed by atoms with Crippen molar-refractivity contribution in [1.29, 1.82) is 0 Å². The molecule has 1 fully saturated rings. The third-order valence-corrected chi connectivity index (χ3v) is 5.96. The molecule has 30 heavy (non-hydrogen) atoms. The molecule has 158 valence electrons. The maximum absolute atomic E-state index is 14.8. The lowest BCUT2D eigenvalue weighted by Gasteiger charge is -2.39. The van der Waals surface area contributed by atoms with Crippen LogP contribution >= 0.6 is 0 Å². The molecule has 1 unspecified atom stereocenters. The van der Waals surface area contributed by atoms with Gasteiger partial charge < -0.3 is 15.5 Å². The largest absolute Gasteiger partial charge is 0.367 e. The maximum atomic E-state index is 14.8. The predicted octanol–water partition coefficient (Wildman–Crippen LogP) is 4.29. The van der Waals surface area contributed by atoms with Crippen molar-refractivity contribution in [2.75, 3.05) is 41.7 Å². The van der Waals surface area contributed by atoms with Crippen LogP contribution in [0.25, 0.3) is 5.57 Å². The Balaban J connectivity index is 1.45. The van der Waals surface area contributed by atoms with Gasteiger partial charge in [-0.1, -0.05) is 6.92 Å². The monoisotopic (exact) mass is 412 g/mol. The number of hydrogen-bond donors (Lipinski definition) is 2. The molecule has 2 aliphatic rings. The van der Waals surface area contributed by atoms with Crippen LogP contribution in [0.3, 0.4) is 0 Å². The van der Waals surface area contributed by atoms with Crippen LogP contribution in [0.1, 0.15) is 25.8 Å². The van der Waals surface area contributed by atoms with Crippen molar-refractivity contribution in [3.63, 3.8) is 0 Å². The fourth-order valence-electron chi connectivity index (χ4n) is 3.98. The van der Waals surface area contributed by atoms with E-state index in [4.69, 9.17) is 0 Å². The van der Waals surface area contributed by atoms with Gasteiger partial charge in [0.15, 0.2) is 0 Å². The number of hydrogen-bond acceptors (Lipinski definition) is 4. The van der Waals surface area contributed by atoms with Gasteiger partial charge in [-0.05, 0) is 49.7 Å². The third kappa shape index (κ3) is 4.03. The summed E-state index contributed by atoms with van der Waals surface area (Å²) in [6, 6.07) is 9.70. The molecule has 0 radical (unpaired) electrons. The molecule has 5 nitrogen and oxygen atoms in total. The van der Waals surface area contributed by atoms with Crippen LogP contribution in [-0.2, 0) is 4.79 Å². The Kier molecular flexibility index (Phi) is 5.72. The Morgan fingerprint density at radius 3 is 2.60 bits per heavy atom. The summed E-state index contributed by atoms with van der Waals surface area (Å²) >= 11 is 0. The lowest BCUT2D eigenvalue weighted by molar-refractivity contribution is -0.110. The van der Waals surface area contributed by atoms with E-state index in [2.05, 4.69) is 34.3 Å². The van der Waals surface area contributed by atoms with Gasteiger partial charge in [-0.3, -0.25) is 9.69 Å². The van der Waals surface area contributed by atoms with E-state index in [1.54, 1.807) is 18.2 Å². The number of anilines is 3. The number of nitrogens with one attached hydrogen (secondary N) is 2. The summed E-state index contributed by atoms with van der Waals surface area (Å²) in [6.45, 7) is 7.86. The predicted molar refractivity (Wildman–Crippen MR) is 117 cm³/mol. The molecule has 2 heterocycles. The van der Waals surface area contributed by atoms with Crippen LogP contribution in [-0.4, -0.2) is 43.0 Å². The summed E-state index contributed by atoms with van der Waals surface area (Å²) in [5.74, 6) is -1.03. The van der Waals surface area contributed by atoms with Gasteiger partial charge in [0.2, 0.25) is 0 Å². The Morgan fingerprint density at radius 1 is 1.13 bits per heavy atom. The first kappa shape index (κ1) is 20.3. The van der Waals surface area contributed by atoms with Gasteiger partial charge in [0.1, 0.15) is 11.6 Å². The molecule has 1 atom stereocenters. The second kappa shape index (κ2) is 8.44. The first-order valence-electron chi connectivity index (χ1n) is 10.3. The van der Waals surface area contributed by atoms with Crippen molar-refractivity contribution in [2.45, 2.75) is 26.3 Å². The highest BCUT2D eigenvalue weighted by Crippen LogP contribution is 2.32. The van der Waals surface area contributed by atoms with E-state index >= 15 is 0 Å². The molecule has 1 saturated heterocycles. The van der Waals surface area contributed by atoms with E-state index in [0.29, 0.717) is 34.2 Å². The normalized spacial score (nSPS) is 19.0. The molecule has 0 aromatic heterocycles. The van der Waals surface area contributed by atoms with E-state index in [0.717, 1.165) is 32.6 Å². The minimum absolute atomic E-state index is 0.297. The van der Waals surface area contributed by atoms with Crippen molar-refractivity contribution in [1.82, 2.24) is 4.90 Å². The van der Waals surface area contributed by atoms with Crippen LogP contribution < -0.4 is 15.5 Å². The number of carbonyl (C=O) groups is 1. The van der Waals surface area contributed by atoms with Crippen LogP contribution in [0, 0.1) is 11.6 Å². The lowest BCUT2D eigenvalue weighted by atomic mass is 10.1. The van der Waals surface area contributed by atoms with Crippen molar-refractivity contribution < 1.29 is 13.6 Å². The van der Waals surface area contributed by atoms with Crippen molar-refractivity contribution in [2.24, 2.45) is 0 Å². The topological polar surface area (TPSA) is 47.6 Å². The van der Waals surface area contributed by atoms with E-state index < -0.39 is 5.82 Å². The van der Waals surface area contributed by atoms with Crippen LogP contribution in [0.15, 0.2) is 42.6 Å². The highest BCUT2D eigenvalue weighted by molar-refractivity contribution is 6.31. The Bertz CT molecular complexity index is 983. The van der Waals surface area contributed by atoms with Gasteiger partial charge in [0.25, 0.3) is 5.91 Å². The standard InChI is InChI=1S/C23H26F2N4O/c1-3-15(2)28-8-10-29(11-9-28)22-7-5-17(13-20(22)25)26-14-19-18-6-4-16(24)12-21(18)27-23(19)30/h4-7,12-15,26H,3,8-11H2,1-2H3,(H,27,30)/b19-14+. The quantitative estimate of drug-likeness (QED) is 0.720. The Labute approximate surface area is 175 Å². The molecule has 0 aliphatic carbocycles. The van der Waals surface area contributed by atoms with Gasteiger partial charge >= 0.3 is 0 Å². The number of amides is 1. The lowest BCUT2D eigenvalue weighted by Crippen LogP contribution is -2.49. The zero-order valence-electron chi connectivity index (χ0n) is 17.2. The van der Waals surface area contributed by atoms with E-state index in [1.807, 2.05) is 0 Å². The summed E-state index contributed by atoms with van der Waals surface area (Å²) in [6.07, 6.45) is 2.64. The number of benzene rings is 2. The average Bonchev–Trinajstić information content (AvgIpc) is 3.05. The molecule has 2 N–H and O–H groups in total. The minimum Gasteiger partial charge on any atom is -0.367 e. The Hall–Kier alpha value is -2.93. The highest BCUT2D eigenvalue weighted by atomic mass is 19.1. The molecule has 0 bridgehead atoms. The van der Waals surface area contributed by atoms with Gasteiger partial charge in [-0.25, -0.2) is 8.78 Å². The summed E-state index contributed by atoms with van der Waals surface area (Å²) in [5.41, 5.74) is 2.58. The zero-order chi connectivity index (χ0) is 21.3. The summed E-state index contributed by atoms with van der Waals surface area (Å²) in [5, 5.41) is 5.62. The van der Waals surface area contributed by atoms with Gasteiger partial charge in [-0.2, -0.15) is 0 Å². The number of halogens is 2. The van der Waals surface area contributed by atoms with Crippen LogP contribution in [0.5, 0.6) is 0 Å². The molecule has 2 aliphatic heterocycles. The van der Waals surface area contributed by atoms with Crippen molar-refractivity contribution in [3.8, 4) is 0 Å². The Morgan fingerprint density at radius 2 is 1.90 bits per heavy atom. The van der Waals surface area contributed by atoms with Crippen LogP contribution in [0.4, 0.5) is 25.8 Å². The van der Waals surface area contributed by atoms with Gasteiger partial charge in [-0.15, -0.1) is 0 Å². The molecule has 0 spiro atoms. The number of carbonyl (C=O) groups excluding carboxylic acids is 1. The molecule has 4 rings (SSSR count). The molecule has 2 aromatic rings. The number of fused-ring (bicyclic) bond motifs is 1. The summed E-state index contributed by atoms with van der Waals surface area (Å²) < 4.78 is 28.1. The second-order valence-corrected chi connectivity index (χ2v) is 7.79. The van der Waals surface area contributed by atoms with E-state index in [1.165, 1.54) is 24.4 Å². The van der Waals surface area contributed by atoms with E-state index in [-0.39, 0.29) is 11.7 Å². The van der Waals surface area contributed by atoms with Crippen molar-refractivity contribution in [3.05, 3.63) is 59.8 Å². The van der Waals surface area contributed by atoms with Gasteiger partial charge in [0, 0.05) is 49.7 Å². The number of rotatable bonds is 5. The summed E-state index contributed by atoms with van der Waals surface area (Å²) in [4.78, 5) is 16.7. The first-order chi connectivity index (χ1) is 14.5. The fraction of sp³-hybridized carbons (Fsp3) is 0.348. The maximum Gasteiger partial charge on any atom is 0.257 e. The van der Waals surface area contributed by atoms with Crippen molar-refractivity contribution >= 4 is 28.5 Å². The van der Waals surface area contributed by atoms with Crippen LogP contribution in [0.2, 0.25) is 0 Å². The molecule has 1 amide bonds. The number of piperazine rings is 1.